The number of rotatable bonds is 2. The Balaban J connectivity index is 1.86. The van der Waals surface area contributed by atoms with Crippen LogP contribution in [0, 0.1) is 11.5 Å². The Kier molecular flexibility index (Phi) is 4.32. The van der Waals surface area contributed by atoms with Crippen LogP contribution in [0.15, 0.2) is 70.8 Å². The van der Waals surface area contributed by atoms with Crippen molar-refractivity contribution in [3.05, 3.63) is 66.2 Å². The number of amidine groups is 1. The Hall–Kier alpha value is -3.17. The fraction of sp³-hybridized carbons (Fsp3) is 0.118. The topological polar surface area (TPSA) is 87.0 Å². The van der Waals surface area contributed by atoms with Gasteiger partial charge in [-0.2, -0.15) is 10.4 Å². The highest BCUT2D eigenvalue weighted by Crippen LogP contribution is 2.16. The lowest BCUT2D eigenvalue weighted by atomic mass is 10.1. The van der Waals surface area contributed by atoms with E-state index in [0.717, 1.165) is 11.3 Å². The van der Waals surface area contributed by atoms with Gasteiger partial charge in [-0.05, 0) is 17.7 Å². The lowest BCUT2D eigenvalue weighted by Gasteiger charge is -2.15. The summed E-state index contributed by atoms with van der Waals surface area (Å²) in [6.07, 6.45) is 1.75. The summed E-state index contributed by atoms with van der Waals surface area (Å²) in [5.41, 5.74) is 7.85. The van der Waals surface area contributed by atoms with Crippen molar-refractivity contribution in [3.63, 3.8) is 0 Å². The van der Waals surface area contributed by atoms with Crippen LogP contribution in [0.2, 0.25) is 0 Å². The molecule has 1 heterocycles. The molecule has 0 spiro atoms. The van der Waals surface area contributed by atoms with Crippen LogP contribution >= 0.6 is 0 Å². The lowest BCUT2D eigenvalue weighted by Crippen LogP contribution is -2.37. The normalized spacial score (nSPS) is 17.6. The van der Waals surface area contributed by atoms with E-state index < -0.39 is 0 Å². The van der Waals surface area contributed by atoms with Gasteiger partial charge < -0.3 is 10.5 Å². The van der Waals surface area contributed by atoms with Crippen LogP contribution in [0.4, 0.5) is 0 Å². The van der Waals surface area contributed by atoms with Gasteiger partial charge in [-0.15, -0.1) is 4.99 Å². The van der Waals surface area contributed by atoms with Gasteiger partial charge >= 0.3 is 6.02 Å². The molecule has 0 aromatic heterocycles. The third kappa shape index (κ3) is 3.36. The van der Waals surface area contributed by atoms with Gasteiger partial charge in [-0.3, -0.25) is 0 Å². The molecule has 1 aliphatic heterocycles. The molecule has 114 valence electrons. The molecule has 1 unspecified atom stereocenters. The number of nitrogens with zero attached hydrogens (tertiary/aromatic N) is 4. The third-order valence-electron chi connectivity index (χ3n) is 3.34. The van der Waals surface area contributed by atoms with E-state index in [1.54, 1.807) is 18.3 Å². The summed E-state index contributed by atoms with van der Waals surface area (Å²) in [5.74, 6) is 0.582. The average molecular weight is 305 g/mol. The standard InChI is InChI=1S/C17H15N5O/c18-12-20-17(23-14-9-5-2-6-10-14)22-11-15(19)16(21-22)13-7-3-1-4-8-13/h1-10,15H,11,19H2. The van der Waals surface area contributed by atoms with Gasteiger partial charge in [0.1, 0.15) is 5.75 Å². The maximum atomic E-state index is 8.90. The maximum Gasteiger partial charge on any atom is 0.329 e. The van der Waals surface area contributed by atoms with Gasteiger partial charge in [-0.25, -0.2) is 5.01 Å². The second-order valence-corrected chi connectivity index (χ2v) is 4.95. The minimum absolute atomic E-state index is 0.111. The Labute approximate surface area is 134 Å². The van der Waals surface area contributed by atoms with Crippen molar-refractivity contribution in [2.45, 2.75) is 6.04 Å². The van der Waals surface area contributed by atoms with Crippen LogP contribution in [0.1, 0.15) is 5.56 Å². The summed E-state index contributed by atoms with van der Waals surface area (Å²) in [6.45, 7) is 0.400. The summed E-state index contributed by atoms with van der Waals surface area (Å²) in [5, 5.41) is 14.9. The lowest BCUT2D eigenvalue weighted by molar-refractivity contribution is 0.369. The maximum absolute atomic E-state index is 8.90. The first-order valence-corrected chi connectivity index (χ1v) is 7.14. The third-order valence-corrected chi connectivity index (χ3v) is 3.34. The number of hydrogen-bond donors (Lipinski definition) is 1. The summed E-state index contributed by atoms with van der Waals surface area (Å²) >= 11 is 0. The number of hydrazone groups is 1. The molecule has 6 heteroatoms. The Morgan fingerprint density at radius 2 is 1.83 bits per heavy atom. The van der Waals surface area contributed by atoms with E-state index in [9.17, 15) is 0 Å². The molecule has 2 N–H and O–H groups in total. The van der Waals surface area contributed by atoms with Crippen molar-refractivity contribution >= 4 is 11.7 Å². The Morgan fingerprint density at radius 3 is 2.48 bits per heavy atom. The van der Waals surface area contributed by atoms with E-state index in [0.29, 0.717) is 12.3 Å². The first kappa shape index (κ1) is 14.8. The van der Waals surface area contributed by atoms with E-state index in [4.69, 9.17) is 15.7 Å². The largest absolute Gasteiger partial charge is 0.424 e. The van der Waals surface area contributed by atoms with Gasteiger partial charge in [0.15, 0.2) is 0 Å². The second kappa shape index (κ2) is 6.73. The predicted molar refractivity (Wildman–Crippen MR) is 87.8 cm³/mol. The molecule has 2 aromatic carbocycles. The molecule has 6 nitrogen and oxygen atoms in total. The zero-order valence-corrected chi connectivity index (χ0v) is 12.3. The molecule has 1 atom stereocenters. The van der Waals surface area contributed by atoms with Gasteiger partial charge in [0, 0.05) is 0 Å². The number of aliphatic imine (C=N–C) groups is 1. The quantitative estimate of drug-likeness (QED) is 0.522. The molecule has 1 aliphatic rings. The van der Waals surface area contributed by atoms with Crippen molar-refractivity contribution in [2.24, 2.45) is 15.8 Å². The molecule has 2 aromatic rings. The van der Waals surface area contributed by atoms with Gasteiger partial charge in [-0.1, -0.05) is 48.5 Å². The number of para-hydroxylation sites is 1. The molecule has 0 fully saturated rings. The smallest absolute Gasteiger partial charge is 0.329 e. The van der Waals surface area contributed by atoms with E-state index in [-0.39, 0.29) is 12.1 Å². The van der Waals surface area contributed by atoms with Crippen LogP contribution in [0.3, 0.4) is 0 Å². The summed E-state index contributed by atoms with van der Waals surface area (Å²) in [6, 6.07) is 18.6. The van der Waals surface area contributed by atoms with Crippen molar-refractivity contribution in [3.8, 4) is 11.9 Å². The van der Waals surface area contributed by atoms with Crippen molar-refractivity contribution in [1.82, 2.24) is 5.01 Å². The van der Waals surface area contributed by atoms with Crippen LogP contribution in [-0.4, -0.2) is 29.3 Å². The van der Waals surface area contributed by atoms with Gasteiger partial charge in [0.25, 0.3) is 0 Å². The van der Waals surface area contributed by atoms with E-state index in [1.807, 2.05) is 48.5 Å². The highest BCUT2D eigenvalue weighted by molar-refractivity contribution is 6.06. The fourth-order valence-corrected chi connectivity index (χ4v) is 2.29. The first-order chi connectivity index (χ1) is 11.3. The molecule has 0 saturated carbocycles. The summed E-state index contributed by atoms with van der Waals surface area (Å²) < 4.78 is 5.66. The van der Waals surface area contributed by atoms with Crippen LogP contribution in [-0.2, 0) is 0 Å². The predicted octanol–water partition coefficient (Wildman–Crippen LogP) is 1.95. The van der Waals surface area contributed by atoms with Crippen molar-refractivity contribution in [2.75, 3.05) is 6.54 Å². The van der Waals surface area contributed by atoms with Gasteiger partial charge in [0.05, 0.1) is 18.3 Å². The molecule has 23 heavy (non-hydrogen) atoms. The zero-order valence-electron chi connectivity index (χ0n) is 12.3. The molecule has 3 rings (SSSR count). The minimum Gasteiger partial charge on any atom is -0.424 e. The minimum atomic E-state index is -0.277. The second-order valence-electron chi connectivity index (χ2n) is 4.95. The molecule has 0 aliphatic carbocycles. The van der Waals surface area contributed by atoms with Crippen molar-refractivity contribution < 1.29 is 4.74 Å². The Bertz CT molecular complexity index is 765. The fourth-order valence-electron chi connectivity index (χ4n) is 2.29. The average Bonchev–Trinajstić information content (AvgIpc) is 2.98. The number of hydrogen-bond acceptors (Lipinski definition) is 5. The number of nitrogens with two attached hydrogens (primary N) is 1. The number of benzene rings is 2. The molecule has 0 bridgehead atoms. The Morgan fingerprint density at radius 1 is 1.17 bits per heavy atom. The highest BCUT2D eigenvalue weighted by Gasteiger charge is 2.28. The first-order valence-electron chi connectivity index (χ1n) is 7.14. The molecule has 0 saturated heterocycles. The molecular weight excluding hydrogens is 290 g/mol. The molecule has 0 radical (unpaired) electrons. The van der Waals surface area contributed by atoms with Gasteiger partial charge in [0.2, 0.25) is 6.19 Å². The number of ether oxygens (including phenoxy) is 1. The molecule has 0 amide bonds. The SMILES string of the molecule is N#CN=C(Oc1ccccc1)N1CC(N)C(c2ccccc2)=N1. The van der Waals surface area contributed by atoms with Crippen LogP contribution in [0.5, 0.6) is 5.75 Å². The number of nitriles is 1. The van der Waals surface area contributed by atoms with Crippen molar-refractivity contribution in [1.29, 1.82) is 5.26 Å². The van der Waals surface area contributed by atoms with E-state index in [2.05, 4.69) is 10.1 Å². The van der Waals surface area contributed by atoms with E-state index >= 15 is 0 Å². The zero-order chi connectivity index (χ0) is 16.1. The monoisotopic (exact) mass is 305 g/mol. The van der Waals surface area contributed by atoms with Crippen LogP contribution in [0.25, 0.3) is 0 Å². The summed E-state index contributed by atoms with van der Waals surface area (Å²) in [7, 11) is 0. The van der Waals surface area contributed by atoms with Crippen LogP contribution < -0.4 is 10.5 Å². The highest BCUT2D eigenvalue weighted by atomic mass is 16.5. The molecular formula is C17H15N5O. The summed E-state index contributed by atoms with van der Waals surface area (Å²) in [4.78, 5) is 3.73. The van der Waals surface area contributed by atoms with E-state index in [1.165, 1.54) is 5.01 Å².